The van der Waals surface area contributed by atoms with E-state index in [0.717, 1.165) is 12.1 Å². The van der Waals surface area contributed by atoms with E-state index in [9.17, 15) is 4.79 Å². The van der Waals surface area contributed by atoms with Crippen LogP contribution in [0.5, 0.6) is 0 Å². The van der Waals surface area contributed by atoms with Crippen LogP contribution in [0, 0.1) is 0 Å². The number of carbonyl (C=O) groups is 1. The summed E-state index contributed by atoms with van der Waals surface area (Å²) in [6.45, 7) is 11.5. The van der Waals surface area contributed by atoms with Crippen LogP contribution in [0.3, 0.4) is 0 Å². The second-order valence-corrected chi connectivity index (χ2v) is 3.24. The Labute approximate surface area is 94.6 Å². The van der Waals surface area contributed by atoms with E-state index in [-0.39, 0.29) is 5.78 Å². The molecule has 0 aliphatic rings. The van der Waals surface area contributed by atoms with Gasteiger partial charge in [0, 0.05) is 6.42 Å². The largest absolute Gasteiger partial charge is 0.411 e. The average molecular weight is 217 g/mol. The van der Waals surface area contributed by atoms with E-state index in [1.165, 1.54) is 12.8 Å². The predicted octanol–water partition coefficient (Wildman–Crippen LogP) is 4.04. The molecule has 3 nitrogen and oxygen atoms in total. The number of ketones is 1. The summed E-state index contributed by atoms with van der Waals surface area (Å²) in [6.07, 6.45) is 4.14. The number of oxime groups is 1. The summed E-state index contributed by atoms with van der Waals surface area (Å²) in [7, 11) is 0. The van der Waals surface area contributed by atoms with Crippen LogP contribution in [0.4, 0.5) is 0 Å². The van der Waals surface area contributed by atoms with Crippen LogP contribution >= 0.6 is 0 Å². The second-order valence-electron chi connectivity index (χ2n) is 3.24. The first-order valence-electron chi connectivity index (χ1n) is 5.66. The summed E-state index contributed by atoms with van der Waals surface area (Å²) in [5, 5.41) is 10.8. The maximum Gasteiger partial charge on any atom is 0.129 e. The Bertz CT molecular complexity index is 152. The van der Waals surface area contributed by atoms with Gasteiger partial charge in [-0.3, -0.25) is 0 Å². The number of unbranched alkanes of at least 4 members (excludes halogenated alkanes) is 1. The minimum absolute atomic E-state index is 0.255. The van der Waals surface area contributed by atoms with Gasteiger partial charge in [-0.05, 0) is 20.3 Å². The number of Topliss-reactive ketones (excluding diaryl/α,β-unsaturated/α-hetero) is 1. The normalized spacial score (nSPS) is 9.33. The fourth-order valence-corrected chi connectivity index (χ4v) is 0.0707. The fraction of sp³-hybridized carbons (Fsp3) is 0.833. The fourth-order valence-electron chi connectivity index (χ4n) is 0.0707. The van der Waals surface area contributed by atoms with Crippen molar-refractivity contribution in [2.45, 2.75) is 67.2 Å². The molecule has 0 aromatic rings. The molecule has 0 radical (unpaired) electrons. The lowest BCUT2D eigenvalue weighted by Gasteiger charge is -1.81. The van der Waals surface area contributed by atoms with Crippen LogP contribution in [-0.4, -0.2) is 16.7 Å². The molecule has 0 bridgehead atoms. The first-order valence-corrected chi connectivity index (χ1v) is 5.66. The van der Waals surface area contributed by atoms with Crippen molar-refractivity contribution < 1.29 is 10.0 Å². The summed E-state index contributed by atoms with van der Waals surface area (Å²) in [4.78, 5) is 9.81. The minimum atomic E-state index is 0.255. The van der Waals surface area contributed by atoms with Crippen molar-refractivity contribution in [2.24, 2.45) is 5.16 Å². The SMILES string of the molecule is CC/C(C)=N/O.CCC(C)=O.CCCC. The lowest BCUT2D eigenvalue weighted by Crippen LogP contribution is -1.83. The maximum absolute atomic E-state index is 9.81. The lowest BCUT2D eigenvalue weighted by atomic mass is 10.3. The van der Waals surface area contributed by atoms with Crippen molar-refractivity contribution in [2.75, 3.05) is 0 Å². The topological polar surface area (TPSA) is 49.7 Å². The van der Waals surface area contributed by atoms with Gasteiger partial charge in [0.2, 0.25) is 0 Å². The monoisotopic (exact) mass is 217 g/mol. The van der Waals surface area contributed by atoms with Crippen LogP contribution in [0.1, 0.15) is 67.2 Å². The molecule has 0 rings (SSSR count). The predicted molar refractivity (Wildman–Crippen MR) is 66.7 cm³/mol. The summed E-state index contributed by atoms with van der Waals surface area (Å²) in [5.74, 6) is 0.255. The molecule has 0 aliphatic carbocycles. The highest BCUT2D eigenvalue weighted by atomic mass is 16.4. The number of carbonyl (C=O) groups excluding carboxylic acids is 1. The van der Waals surface area contributed by atoms with Gasteiger partial charge in [-0.15, -0.1) is 0 Å². The molecule has 0 spiro atoms. The molecular formula is C12H27NO2. The van der Waals surface area contributed by atoms with Crippen molar-refractivity contribution >= 4 is 11.5 Å². The molecule has 0 aliphatic heterocycles. The van der Waals surface area contributed by atoms with Crippen LogP contribution < -0.4 is 0 Å². The van der Waals surface area contributed by atoms with Crippen molar-refractivity contribution in [3.05, 3.63) is 0 Å². The standard InChI is InChI=1S/C4H9NO.C4H8O.C4H10/c1-3-4(2)5-6;1-3-4(2)5;1-3-4-2/h6H,3H2,1-2H3;3H2,1-2H3;3-4H2,1-2H3/b5-4+;;. The second kappa shape index (κ2) is 18.8. The zero-order valence-corrected chi connectivity index (χ0v) is 11.1. The summed E-state index contributed by atoms with van der Waals surface area (Å²) < 4.78 is 0. The Kier molecular flexibility index (Phi) is 24.7. The average Bonchev–Trinajstić information content (AvgIpc) is 2.28. The Morgan fingerprint density at radius 2 is 1.33 bits per heavy atom. The van der Waals surface area contributed by atoms with Gasteiger partial charge in [-0.1, -0.05) is 45.7 Å². The zero-order chi connectivity index (χ0) is 12.7. The van der Waals surface area contributed by atoms with Crippen molar-refractivity contribution in [1.82, 2.24) is 0 Å². The lowest BCUT2D eigenvalue weighted by molar-refractivity contribution is -0.116. The Hall–Kier alpha value is -0.860. The molecule has 92 valence electrons. The molecule has 0 aromatic carbocycles. The Morgan fingerprint density at radius 3 is 1.33 bits per heavy atom. The maximum atomic E-state index is 9.81. The van der Waals surface area contributed by atoms with Crippen molar-refractivity contribution in [3.63, 3.8) is 0 Å². The molecular weight excluding hydrogens is 190 g/mol. The molecule has 1 N–H and O–H groups in total. The van der Waals surface area contributed by atoms with E-state index in [1.54, 1.807) is 13.8 Å². The van der Waals surface area contributed by atoms with Gasteiger partial charge in [0.15, 0.2) is 0 Å². The molecule has 0 saturated carbocycles. The molecule has 0 amide bonds. The van der Waals surface area contributed by atoms with Gasteiger partial charge >= 0.3 is 0 Å². The number of nitrogens with zero attached hydrogens (tertiary/aromatic N) is 1. The van der Waals surface area contributed by atoms with Gasteiger partial charge in [0.05, 0.1) is 5.71 Å². The number of hydrogen-bond acceptors (Lipinski definition) is 3. The van der Waals surface area contributed by atoms with Gasteiger partial charge < -0.3 is 10.0 Å². The molecule has 0 saturated heterocycles. The quantitative estimate of drug-likeness (QED) is 0.440. The summed E-state index contributed by atoms with van der Waals surface area (Å²) in [6, 6.07) is 0. The van der Waals surface area contributed by atoms with Crippen LogP contribution in [-0.2, 0) is 4.79 Å². The highest BCUT2D eigenvalue weighted by Crippen LogP contribution is 1.78. The number of rotatable bonds is 3. The van der Waals surface area contributed by atoms with E-state index in [2.05, 4.69) is 19.0 Å². The van der Waals surface area contributed by atoms with Crippen molar-refractivity contribution in [3.8, 4) is 0 Å². The van der Waals surface area contributed by atoms with Crippen LogP contribution in [0.2, 0.25) is 0 Å². The van der Waals surface area contributed by atoms with Crippen LogP contribution in [0.15, 0.2) is 5.16 Å². The molecule has 0 aromatic heterocycles. The van der Waals surface area contributed by atoms with Gasteiger partial charge in [0.25, 0.3) is 0 Å². The Balaban J connectivity index is -0.000000147. The first-order chi connectivity index (χ1) is 6.99. The van der Waals surface area contributed by atoms with Crippen molar-refractivity contribution in [1.29, 1.82) is 0 Å². The highest BCUT2D eigenvalue weighted by Gasteiger charge is 1.78. The molecule has 15 heavy (non-hydrogen) atoms. The van der Waals surface area contributed by atoms with Gasteiger partial charge in [-0.2, -0.15) is 0 Å². The highest BCUT2D eigenvalue weighted by molar-refractivity contribution is 5.80. The Morgan fingerprint density at radius 1 is 1.00 bits per heavy atom. The third kappa shape index (κ3) is 43.3. The molecule has 0 unspecified atom stereocenters. The third-order valence-electron chi connectivity index (χ3n) is 1.68. The summed E-state index contributed by atoms with van der Waals surface area (Å²) >= 11 is 0. The first kappa shape index (κ1) is 19.7. The zero-order valence-electron chi connectivity index (χ0n) is 11.1. The molecule has 0 fully saturated rings. The van der Waals surface area contributed by atoms with E-state index in [4.69, 9.17) is 5.21 Å². The third-order valence-corrected chi connectivity index (χ3v) is 1.68. The minimum Gasteiger partial charge on any atom is -0.411 e. The van der Waals surface area contributed by atoms with E-state index >= 15 is 0 Å². The van der Waals surface area contributed by atoms with E-state index in [1.807, 2.05) is 13.8 Å². The summed E-state index contributed by atoms with van der Waals surface area (Å²) in [5.41, 5.74) is 0.773. The smallest absolute Gasteiger partial charge is 0.129 e. The molecule has 3 heteroatoms. The van der Waals surface area contributed by atoms with Crippen LogP contribution in [0.25, 0.3) is 0 Å². The number of hydrogen-bond donors (Lipinski definition) is 1. The molecule has 0 heterocycles. The van der Waals surface area contributed by atoms with E-state index < -0.39 is 0 Å². The van der Waals surface area contributed by atoms with Gasteiger partial charge in [0.1, 0.15) is 5.78 Å². The van der Waals surface area contributed by atoms with Gasteiger partial charge in [-0.25, -0.2) is 0 Å². The molecule has 0 atom stereocenters. The van der Waals surface area contributed by atoms with E-state index in [0.29, 0.717) is 6.42 Å².